The highest BCUT2D eigenvalue weighted by Gasteiger charge is 2.26. The maximum absolute atomic E-state index is 12.7. The highest BCUT2D eigenvalue weighted by molar-refractivity contribution is 6.08. The summed E-state index contributed by atoms with van der Waals surface area (Å²) in [4.78, 5) is 12.7. The normalized spacial score (nSPS) is 10.8. The van der Waals surface area contributed by atoms with Crippen LogP contribution in [0, 0.1) is 0 Å². The van der Waals surface area contributed by atoms with Gasteiger partial charge in [0.1, 0.15) is 17.1 Å². The van der Waals surface area contributed by atoms with E-state index >= 15 is 0 Å². The predicted octanol–water partition coefficient (Wildman–Crippen LogP) is 2.80. The van der Waals surface area contributed by atoms with E-state index in [9.17, 15) is 4.79 Å². The minimum absolute atomic E-state index is 0.272. The molecule has 2 aromatic rings. The van der Waals surface area contributed by atoms with E-state index in [0.29, 0.717) is 35.1 Å². The van der Waals surface area contributed by atoms with E-state index in [2.05, 4.69) is 10.5 Å². The number of rotatable bonds is 8. The van der Waals surface area contributed by atoms with E-state index in [1.54, 1.807) is 18.2 Å². The van der Waals surface area contributed by atoms with Gasteiger partial charge in [0, 0.05) is 19.8 Å². The molecule has 2 rings (SSSR count). The second kappa shape index (κ2) is 8.50. The molecule has 0 aliphatic heterocycles. The highest BCUT2D eigenvalue weighted by atomic mass is 16.7. The van der Waals surface area contributed by atoms with Gasteiger partial charge in [0.25, 0.3) is 5.91 Å². The molecule has 0 radical (unpaired) electrons. The number of nitrogens with zero attached hydrogens (tertiary/aromatic N) is 1. The summed E-state index contributed by atoms with van der Waals surface area (Å²) < 4.78 is 26.2. The van der Waals surface area contributed by atoms with Crippen LogP contribution in [0.4, 0.5) is 5.82 Å². The lowest BCUT2D eigenvalue weighted by molar-refractivity contribution is -0.120. The molecule has 1 heterocycles. The number of aromatic nitrogens is 1. The van der Waals surface area contributed by atoms with Gasteiger partial charge in [0.2, 0.25) is 6.29 Å². The number of methoxy groups -OCH3 is 4. The first-order chi connectivity index (χ1) is 12.1. The fraction of sp³-hybridized carbons (Fsp3) is 0.412. The van der Waals surface area contributed by atoms with Crippen molar-refractivity contribution in [2.45, 2.75) is 19.6 Å². The molecule has 0 bridgehead atoms. The summed E-state index contributed by atoms with van der Waals surface area (Å²) in [6.07, 6.45) is -0.130. The molecule has 0 aliphatic rings. The number of carbonyl (C=O) groups excluding carboxylic acids is 1. The minimum Gasteiger partial charge on any atom is -0.496 e. The molecule has 0 saturated heterocycles. The maximum atomic E-state index is 12.7. The number of benzene rings is 1. The molecule has 8 nitrogen and oxygen atoms in total. The fourth-order valence-corrected chi connectivity index (χ4v) is 2.50. The summed E-state index contributed by atoms with van der Waals surface area (Å²) in [7, 11) is 5.96. The van der Waals surface area contributed by atoms with Crippen LogP contribution in [0.3, 0.4) is 0 Å². The Bertz CT molecular complexity index is 702. The number of nitrogens with one attached hydrogen (secondary N) is 1. The molecule has 1 amide bonds. The van der Waals surface area contributed by atoms with Gasteiger partial charge in [-0.15, -0.1) is 0 Å². The molecule has 1 N–H and O–H groups in total. The van der Waals surface area contributed by atoms with Gasteiger partial charge in [-0.3, -0.25) is 4.79 Å². The van der Waals surface area contributed by atoms with Crippen molar-refractivity contribution in [3.8, 4) is 11.5 Å². The molecule has 0 aliphatic carbocycles. The second-order valence-corrected chi connectivity index (χ2v) is 5.02. The molecular weight excluding hydrogens is 328 g/mol. The van der Waals surface area contributed by atoms with Crippen LogP contribution < -0.4 is 14.8 Å². The Morgan fingerprint density at radius 2 is 1.76 bits per heavy atom. The number of amides is 1. The molecule has 0 atom stereocenters. The van der Waals surface area contributed by atoms with Gasteiger partial charge in [-0.1, -0.05) is 18.1 Å². The van der Waals surface area contributed by atoms with Crippen molar-refractivity contribution in [1.82, 2.24) is 5.16 Å². The summed E-state index contributed by atoms with van der Waals surface area (Å²) >= 11 is 0. The van der Waals surface area contributed by atoms with Crippen molar-refractivity contribution < 1.29 is 28.3 Å². The zero-order chi connectivity index (χ0) is 18.4. The Morgan fingerprint density at radius 1 is 1.16 bits per heavy atom. The number of anilines is 1. The summed E-state index contributed by atoms with van der Waals surface area (Å²) in [6.45, 7) is 1.91. The van der Waals surface area contributed by atoms with Gasteiger partial charge in [-0.25, -0.2) is 0 Å². The molecule has 0 unspecified atom stereocenters. The summed E-state index contributed by atoms with van der Waals surface area (Å²) in [6, 6.07) is 5.10. The molecule has 0 fully saturated rings. The Balaban J connectivity index is 2.36. The Kier molecular flexibility index (Phi) is 6.37. The van der Waals surface area contributed by atoms with Crippen LogP contribution >= 0.6 is 0 Å². The van der Waals surface area contributed by atoms with Crippen molar-refractivity contribution in [3.63, 3.8) is 0 Å². The molecule has 136 valence electrons. The van der Waals surface area contributed by atoms with Crippen LogP contribution in [0.1, 0.15) is 34.9 Å². The Labute approximate surface area is 146 Å². The Morgan fingerprint density at radius 3 is 2.24 bits per heavy atom. The number of ether oxygens (including phenoxy) is 4. The third-order valence-electron chi connectivity index (χ3n) is 3.70. The first-order valence-electron chi connectivity index (χ1n) is 7.67. The lowest BCUT2D eigenvalue weighted by Gasteiger charge is -2.13. The van der Waals surface area contributed by atoms with Crippen molar-refractivity contribution in [2.24, 2.45) is 0 Å². The highest BCUT2D eigenvalue weighted by Crippen LogP contribution is 2.31. The van der Waals surface area contributed by atoms with Crippen molar-refractivity contribution in [3.05, 3.63) is 35.1 Å². The summed E-state index contributed by atoms with van der Waals surface area (Å²) in [5.41, 5.74) is 0.963. The third-order valence-corrected chi connectivity index (χ3v) is 3.70. The van der Waals surface area contributed by atoms with Gasteiger partial charge in [0.05, 0.1) is 14.2 Å². The SMILES string of the molecule is CCc1c(NC(=O)c2c(OC)cccc2OC)noc1C(OC)OC. The van der Waals surface area contributed by atoms with E-state index in [-0.39, 0.29) is 5.56 Å². The maximum Gasteiger partial charge on any atom is 0.264 e. The molecular formula is C17H22N2O6. The zero-order valence-corrected chi connectivity index (χ0v) is 14.9. The zero-order valence-electron chi connectivity index (χ0n) is 14.9. The van der Waals surface area contributed by atoms with Gasteiger partial charge in [0.15, 0.2) is 11.6 Å². The van der Waals surface area contributed by atoms with Crippen molar-refractivity contribution in [1.29, 1.82) is 0 Å². The van der Waals surface area contributed by atoms with E-state index in [1.807, 2.05) is 6.92 Å². The first-order valence-corrected chi connectivity index (χ1v) is 7.67. The van der Waals surface area contributed by atoms with Crippen LogP contribution in [0.25, 0.3) is 0 Å². The van der Waals surface area contributed by atoms with Crippen molar-refractivity contribution in [2.75, 3.05) is 33.8 Å². The smallest absolute Gasteiger partial charge is 0.264 e. The average Bonchev–Trinajstić information content (AvgIpc) is 3.04. The van der Waals surface area contributed by atoms with Crippen LogP contribution in [0.15, 0.2) is 22.7 Å². The molecule has 8 heteroatoms. The van der Waals surface area contributed by atoms with Gasteiger partial charge in [-0.2, -0.15) is 0 Å². The van der Waals surface area contributed by atoms with E-state index < -0.39 is 12.2 Å². The van der Waals surface area contributed by atoms with Crippen LogP contribution in [0.2, 0.25) is 0 Å². The number of hydrogen-bond acceptors (Lipinski definition) is 7. The van der Waals surface area contributed by atoms with Gasteiger partial charge >= 0.3 is 0 Å². The largest absolute Gasteiger partial charge is 0.496 e. The molecule has 0 saturated carbocycles. The summed E-state index contributed by atoms with van der Waals surface area (Å²) in [5.74, 6) is 1.08. The lowest BCUT2D eigenvalue weighted by Crippen LogP contribution is -2.16. The topological polar surface area (TPSA) is 92.1 Å². The Hall–Kier alpha value is -2.58. The first kappa shape index (κ1) is 18.8. The minimum atomic E-state index is -0.700. The third kappa shape index (κ3) is 3.75. The van der Waals surface area contributed by atoms with Crippen LogP contribution in [0.5, 0.6) is 11.5 Å². The van der Waals surface area contributed by atoms with Crippen molar-refractivity contribution >= 4 is 11.7 Å². The van der Waals surface area contributed by atoms with Crippen LogP contribution in [-0.4, -0.2) is 39.5 Å². The van der Waals surface area contributed by atoms with E-state index in [0.717, 1.165) is 0 Å². The number of hydrogen-bond donors (Lipinski definition) is 1. The van der Waals surface area contributed by atoms with E-state index in [4.69, 9.17) is 23.5 Å². The molecule has 1 aromatic heterocycles. The van der Waals surface area contributed by atoms with Crippen LogP contribution in [-0.2, 0) is 15.9 Å². The van der Waals surface area contributed by atoms with Gasteiger partial charge < -0.3 is 28.8 Å². The fourth-order valence-electron chi connectivity index (χ4n) is 2.50. The molecule has 0 spiro atoms. The monoisotopic (exact) mass is 350 g/mol. The molecule has 25 heavy (non-hydrogen) atoms. The summed E-state index contributed by atoms with van der Waals surface area (Å²) in [5, 5.41) is 6.67. The van der Waals surface area contributed by atoms with E-state index in [1.165, 1.54) is 28.4 Å². The van der Waals surface area contributed by atoms with Gasteiger partial charge in [-0.05, 0) is 18.6 Å². The number of carbonyl (C=O) groups is 1. The lowest BCUT2D eigenvalue weighted by atomic mass is 10.1. The standard InChI is InChI=1S/C17H22N2O6/c1-6-10-14(17(23-4)24-5)25-19-15(10)18-16(20)13-11(21-2)8-7-9-12(13)22-3/h7-9,17H,6H2,1-5H3,(H,18,19,20). The molecule has 1 aromatic carbocycles. The average molecular weight is 350 g/mol. The quantitative estimate of drug-likeness (QED) is 0.732. The second-order valence-electron chi connectivity index (χ2n) is 5.02. The predicted molar refractivity (Wildman–Crippen MR) is 90.1 cm³/mol.